The van der Waals surface area contributed by atoms with Crippen molar-refractivity contribution >= 4 is 29.4 Å². The molecule has 0 radical (unpaired) electrons. The van der Waals surface area contributed by atoms with E-state index in [1.807, 2.05) is 13.8 Å². The SMILES string of the molecule is CCC[C@@H](C)NC(=O)COC(=O)c1ccc2c(c1)C(=O)N(c1ccc(F)cc1)C2=O. The quantitative estimate of drug-likeness (QED) is 0.557. The fourth-order valence-electron chi connectivity index (χ4n) is 3.23. The first-order chi connectivity index (χ1) is 14.3. The summed E-state index contributed by atoms with van der Waals surface area (Å²) in [5, 5.41) is 2.72. The number of hydrogen-bond donors (Lipinski definition) is 1. The highest BCUT2D eigenvalue weighted by Gasteiger charge is 2.37. The van der Waals surface area contributed by atoms with Crippen molar-refractivity contribution in [2.75, 3.05) is 11.5 Å². The average Bonchev–Trinajstić information content (AvgIpc) is 2.97. The molecule has 2 aromatic rings. The van der Waals surface area contributed by atoms with Crippen molar-refractivity contribution in [3.05, 3.63) is 65.0 Å². The van der Waals surface area contributed by atoms with Gasteiger partial charge in [0.2, 0.25) is 0 Å². The Morgan fingerprint density at radius 1 is 1.07 bits per heavy atom. The van der Waals surface area contributed by atoms with E-state index in [9.17, 15) is 23.6 Å². The Hall–Kier alpha value is -3.55. The van der Waals surface area contributed by atoms with Gasteiger partial charge < -0.3 is 10.1 Å². The molecule has 8 heteroatoms. The number of esters is 1. The molecule has 7 nitrogen and oxygen atoms in total. The smallest absolute Gasteiger partial charge is 0.338 e. The maximum Gasteiger partial charge on any atom is 0.338 e. The van der Waals surface area contributed by atoms with Gasteiger partial charge >= 0.3 is 5.97 Å². The molecule has 2 aromatic carbocycles. The Balaban J connectivity index is 1.71. The number of hydrogen-bond acceptors (Lipinski definition) is 5. The molecule has 0 aliphatic carbocycles. The monoisotopic (exact) mass is 412 g/mol. The summed E-state index contributed by atoms with van der Waals surface area (Å²) >= 11 is 0. The van der Waals surface area contributed by atoms with E-state index < -0.39 is 36.1 Å². The van der Waals surface area contributed by atoms with Crippen molar-refractivity contribution in [2.45, 2.75) is 32.7 Å². The summed E-state index contributed by atoms with van der Waals surface area (Å²) in [7, 11) is 0. The normalized spacial score (nSPS) is 13.8. The van der Waals surface area contributed by atoms with Gasteiger partial charge in [0, 0.05) is 6.04 Å². The Kier molecular flexibility index (Phi) is 6.25. The Labute approximate surface area is 172 Å². The van der Waals surface area contributed by atoms with Crippen LogP contribution < -0.4 is 10.2 Å². The molecule has 0 bridgehead atoms. The second-order valence-electron chi connectivity index (χ2n) is 7.02. The van der Waals surface area contributed by atoms with E-state index in [0.717, 1.165) is 29.9 Å². The first-order valence-corrected chi connectivity index (χ1v) is 9.56. The van der Waals surface area contributed by atoms with Crippen LogP contribution in [0.5, 0.6) is 0 Å². The van der Waals surface area contributed by atoms with Crippen LogP contribution in [0.3, 0.4) is 0 Å². The largest absolute Gasteiger partial charge is 0.452 e. The van der Waals surface area contributed by atoms with Crippen molar-refractivity contribution in [3.8, 4) is 0 Å². The molecule has 156 valence electrons. The summed E-state index contributed by atoms with van der Waals surface area (Å²) in [5.74, 6) is -2.88. The number of carbonyl (C=O) groups excluding carboxylic acids is 4. The van der Waals surface area contributed by atoms with Crippen LogP contribution in [-0.2, 0) is 9.53 Å². The summed E-state index contributed by atoms with van der Waals surface area (Å²) < 4.78 is 18.2. The third-order valence-corrected chi connectivity index (χ3v) is 4.67. The third-order valence-electron chi connectivity index (χ3n) is 4.67. The van der Waals surface area contributed by atoms with E-state index in [-0.39, 0.29) is 28.4 Å². The second-order valence-corrected chi connectivity index (χ2v) is 7.02. The van der Waals surface area contributed by atoms with Gasteiger partial charge in [0.25, 0.3) is 17.7 Å². The van der Waals surface area contributed by atoms with Crippen LogP contribution in [-0.4, -0.2) is 36.3 Å². The summed E-state index contributed by atoms with van der Waals surface area (Å²) in [4.78, 5) is 50.4. The lowest BCUT2D eigenvalue weighted by Crippen LogP contribution is -2.35. The minimum absolute atomic E-state index is 0.0257. The van der Waals surface area contributed by atoms with Gasteiger partial charge in [0.05, 0.1) is 22.4 Å². The van der Waals surface area contributed by atoms with Crippen LogP contribution in [0.1, 0.15) is 57.8 Å². The lowest BCUT2D eigenvalue weighted by Gasteiger charge is -2.13. The van der Waals surface area contributed by atoms with Crippen molar-refractivity contribution in [1.82, 2.24) is 5.32 Å². The number of halogens is 1. The molecule has 0 aromatic heterocycles. The summed E-state index contributed by atoms with van der Waals surface area (Å²) in [6.07, 6.45) is 1.73. The molecule has 3 amide bonds. The maximum absolute atomic E-state index is 13.1. The summed E-state index contributed by atoms with van der Waals surface area (Å²) in [6, 6.07) is 8.90. The molecule has 0 spiro atoms. The van der Waals surface area contributed by atoms with E-state index in [1.54, 1.807) is 0 Å². The molecule has 3 rings (SSSR count). The second kappa shape index (κ2) is 8.86. The van der Waals surface area contributed by atoms with Crippen LogP contribution in [0.25, 0.3) is 0 Å². The molecule has 0 saturated heterocycles. The van der Waals surface area contributed by atoms with Crippen LogP contribution in [0.4, 0.5) is 10.1 Å². The third kappa shape index (κ3) is 4.37. The predicted molar refractivity (Wildman–Crippen MR) is 107 cm³/mol. The molecule has 0 saturated carbocycles. The van der Waals surface area contributed by atoms with Gasteiger partial charge in [-0.3, -0.25) is 14.4 Å². The highest BCUT2D eigenvalue weighted by molar-refractivity contribution is 6.34. The number of benzene rings is 2. The zero-order chi connectivity index (χ0) is 21.8. The van der Waals surface area contributed by atoms with Gasteiger partial charge in [-0.2, -0.15) is 0 Å². The lowest BCUT2D eigenvalue weighted by atomic mass is 10.1. The fourth-order valence-corrected chi connectivity index (χ4v) is 3.23. The maximum atomic E-state index is 13.1. The van der Waals surface area contributed by atoms with E-state index in [4.69, 9.17) is 4.74 Å². The Bertz CT molecular complexity index is 1000. The minimum atomic E-state index is -0.781. The number of imide groups is 1. The number of anilines is 1. The fraction of sp³-hybridized carbons (Fsp3) is 0.273. The molecule has 1 aliphatic rings. The van der Waals surface area contributed by atoms with Crippen molar-refractivity contribution in [2.24, 2.45) is 0 Å². The molecule has 0 fully saturated rings. The Morgan fingerprint density at radius 2 is 1.73 bits per heavy atom. The molecule has 1 N–H and O–H groups in total. The number of nitrogens with one attached hydrogen (secondary N) is 1. The Morgan fingerprint density at radius 3 is 2.40 bits per heavy atom. The molecular weight excluding hydrogens is 391 g/mol. The van der Waals surface area contributed by atoms with Gasteiger partial charge in [-0.15, -0.1) is 0 Å². The highest BCUT2D eigenvalue weighted by atomic mass is 19.1. The molecule has 1 atom stereocenters. The zero-order valence-corrected chi connectivity index (χ0v) is 16.6. The molecular formula is C22H21FN2O5. The van der Waals surface area contributed by atoms with Gasteiger partial charge in [-0.05, 0) is 55.8 Å². The van der Waals surface area contributed by atoms with Gasteiger partial charge in [0.1, 0.15) is 5.82 Å². The zero-order valence-electron chi connectivity index (χ0n) is 16.6. The first kappa shape index (κ1) is 21.2. The van der Waals surface area contributed by atoms with Crippen molar-refractivity contribution in [1.29, 1.82) is 0 Å². The number of fused-ring (bicyclic) bond motifs is 1. The summed E-state index contributed by atoms with van der Waals surface area (Å²) in [5.41, 5.74) is 0.446. The van der Waals surface area contributed by atoms with Gasteiger partial charge in [0.15, 0.2) is 6.61 Å². The van der Waals surface area contributed by atoms with Gasteiger partial charge in [-0.25, -0.2) is 14.1 Å². The van der Waals surface area contributed by atoms with Crippen molar-refractivity contribution < 1.29 is 28.3 Å². The number of amides is 3. The standard InChI is InChI=1S/C22H21FN2O5/c1-3-4-13(2)24-19(26)12-30-22(29)14-5-10-17-18(11-14)21(28)25(20(17)27)16-8-6-15(23)7-9-16/h5-11,13H,3-4,12H2,1-2H3,(H,24,26)/t13-/m1/s1. The number of ether oxygens (including phenoxy) is 1. The van der Waals surface area contributed by atoms with E-state index in [1.165, 1.54) is 30.3 Å². The molecule has 0 unspecified atom stereocenters. The topological polar surface area (TPSA) is 92.8 Å². The molecule has 30 heavy (non-hydrogen) atoms. The van der Waals surface area contributed by atoms with E-state index in [2.05, 4.69) is 5.32 Å². The van der Waals surface area contributed by atoms with Crippen LogP contribution in [0.15, 0.2) is 42.5 Å². The predicted octanol–water partition coefficient (Wildman–Crippen LogP) is 3.09. The molecule has 1 heterocycles. The van der Waals surface area contributed by atoms with E-state index in [0.29, 0.717) is 0 Å². The molecule has 1 aliphatic heterocycles. The van der Waals surface area contributed by atoms with Crippen molar-refractivity contribution in [3.63, 3.8) is 0 Å². The summed E-state index contributed by atoms with van der Waals surface area (Å²) in [6.45, 7) is 3.41. The first-order valence-electron chi connectivity index (χ1n) is 9.56. The van der Waals surface area contributed by atoms with E-state index >= 15 is 0 Å². The van der Waals surface area contributed by atoms with Crippen LogP contribution >= 0.6 is 0 Å². The van der Waals surface area contributed by atoms with Crippen LogP contribution in [0, 0.1) is 5.82 Å². The average molecular weight is 412 g/mol. The van der Waals surface area contributed by atoms with Gasteiger partial charge in [-0.1, -0.05) is 13.3 Å². The number of carbonyl (C=O) groups is 4. The highest BCUT2D eigenvalue weighted by Crippen LogP contribution is 2.29. The number of rotatable bonds is 7. The lowest BCUT2D eigenvalue weighted by molar-refractivity contribution is -0.124. The minimum Gasteiger partial charge on any atom is -0.452 e. The number of nitrogens with zero attached hydrogens (tertiary/aromatic N) is 1. The van der Waals surface area contributed by atoms with Crippen LogP contribution in [0.2, 0.25) is 0 Å².